The maximum atomic E-state index is 12.3. The number of ether oxygens (including phenoxy) is 1. The van der Waals surface area contributed by atoms with Crippen LogP contribution in [-0.4, -0.2) is 27.5 Å². The Morgan fingerprint density at radius 2 is 1.76 bits per heavy atom. The van der Waals surface area contributed by atoms with Crippen LogP contribution in [0.15, 0.2) is 72.0 Å². The predicted octanol–water partition coefficient (Wildman–Crippen LogP) is 5.86. The lowest BCUT2D eigenvalue weighted by molar-refractivity contribution is -0.274. The van der Waals surface area contributed by atoms with E-state index in [1.807, 2.05) is 50.2 Å². The van der Waals surface area contributed by atoms with Crippen LogP contribution in [0, 0.1) is 13.8 Å². The van der Waals surface area contributed by atoms with Crippen LogP contribution in [0.3, 0.4) is 0 Å². The molecular weight excluding hydrogens is 463 g/mol. The molecule has 4 rings (SSSR count). The summed E-state index contributed by atoms with van der Waals surface area (Å²) in [6.07, 6.45) is -1.31. The number of aryl methyl sites for hydroxylation is 2. The third-order valence-electron chi connectivity index (χ3n) is 4.97. The fourth-order valence-corrected chi connectivity index (χ4v) is 3.52. The molecule has 0 spiro atoms. The molecule has 1 aromatic heterocycles. The van der Waals surface area contributed by atoms with E-state index in [-0.39, 0.29) is 5.75 Å². The molecule has 0 aliphatic carbocycles. The Morgan fingerprint density at radius 1 is 1.06 bits per heavy atom. The molecule has 0 aliphatic rings. The summed E-state index contributed by atoms with van der Waals surface area (Å²) in [6.45, 7) is 4.00. The normalized spacial score (nSPS) is 11.7. The van der Waals surface area contributed by atoms with Crippen molar-refractivity contribution in [2.75, 3.05) is 5.32 Å². The van der Waals surface area contributed by atoms with Gasteiger partial charge in [0.05, 0.1) is 17.4 Å². The summed E-state index contributed by atoms with van der Waals surface area (Å²) in [5.74, 6) is -0.288. The molecule has 3 aromatic carbocycles. The topological polar surface area (TPSA) is 63.5 Å². The molecule has 0 amide bonds. The van der Waals surface area contributed by atoms with Crippen molar-refractivity contribution in [1.82, 2.24) is 15.2 Å². The zero-order chi connectivity index (χ0) is 24.3. The molecule has 1 heterocycles. The number of thiocarbonyl (C=S) groups is 1. The van der Waals surface area contributed by atoms with Gasteiger partial charge in [0.2, 0.25) is 0 Å². The van der Waals surface area contributed by atoms with Crippen LogP contribution in [0.1, 0.15) is 16.7 Å². The summed E-state index contributed by atoms with van der Waals surface area (Å²) in [6, 6.07) is 17.1. The smallest absolute Gasteiger partial charge is 0.406 e. The molecule has 0 bridgehead atoms. The number of hydrogen-bond acceptors (Lipinski definition) is 4. The van der Waals surface area contributed by atoms with Crippen LogP contribution in [-0.2, 0) is 0 Å². The van der Waals surface area contributed by atoms with Gasteiger partial charge in [-0.15, -0.1) is 13.2 Å². The van der Waals surface area contributed by atoms with Gasteiger partial charge in [0.1, 0.15) is 5.75 Å². The second kappa shape index (κ2) is 9.52. The fraction of sp³-hybridized carbons (Fsp3) is 0.125. The van der Waals surface area contributed by atoms with E-state index in [4.69, 9.17) is 12.2 Å². The van der Waals surface area contributed by atoms with E-state index in [0.717, 1.165) is 27.8 Å². The van der Waals surface area contributed by atoms with Crippen molar-refractivity contribution in [3.05, 3.63) is 83.6 Å². The van der Waals surface area contributed by atoms with E-state index in [0.29, 0.717) is 16.3 Å². The molecular formula is C24H20F3N5OS. The number of aromatic nitrogens is 2. The first-order valence-electron chi connectivity index (χ1n) is 10.2. The lowest BCUT2D eigenvalue weighted by Gasteiger charge is -2.12. The highest BCUT2D eigenvalue weighted by molar-refractivity contribution is 7.80. The van der Waals surface area contributed by atoms with Crippen LogP contribution in [0.25, 0.3) is 16.6 Å². The highest BCUT2D eigenvalue weighted by Gasteiger charge is 2.31. The minimum absolute atomic E-state index is 0.288. The van der Waals surface area contributed by atoms with Gasteiger partial charge in [-0.1, -0.05) is 30.3 Å². The standard InChI is InChI=1S/C24H20F3N5OS/c1-15-4-3-5-16(2)22(15)29-23(34)30-28-13-17-6-7-18-14-32(31-21(18)12-17)19-8-10-20(11-9-19)33-24(25,26)27/h3-14H,1-2H3,(H2,29,30,34)/b28-13+. The number of hydrazone groups is 1. The van der Waals surface area contributed by atoms with Gasteiger partial charge in [-0.3, -0.25) is 5.43 Å². The van der Waals surface area contributed by atoms with Crippen LogP contribution in [0.5, 0.6) is 5.75 Å². The van der Waals surface area contributed by atoms with Gasteiger partial charge in [0.15, 0.2) is 5.11 Å². The Hall–Kier alpha value is -3.92. The summed E-state index contributed by atoms with van der Waals surface area (Å²) >= 11 is 5.32. The molecule has 0 aliphatic heterocycles. The third-order valence-corrected chi connectivity index (χ3v) is 5.16. The van der Waals surface area contributed by atoms with E-state index < -0.39 is 6.36 Å². The van der Waals surface area contributed by atoms with Crippen molar-refractivity contribution in [2.45, 2.75) is 20.2 Å². The molecule has 10 heteroatoms. The molecule has 6 nitrogen and oxygen atoms in total. The fourth-order valence-electron chi connectivity index (χ4n) is 3.36. The van der Waals surface area contributed by atoms with E-state index in [1.165, 1.54) is 24.3 Å². The first-order chi connectivity index (χ1) is 16.2. The number of para-hydroxylation sites is 1. The summed E-state index contributed by atoms with van der Waals surface area (Å²) in [5.41, 5.74) is 8.02. The van der Waals surface area contributed by atoms with Crippen LogP contribution >= 0.6 is 12.2 Å². The van der Waals surface area contributed by atoms with Crippen molar-refractivity contribution in [1.29, 1.82) is 0 Å². The number of halogens is 3. The highest BCUT2D eigenvalue weighted by Crippen LogP contribution is 2.24. The number of nitrogens with zero attached hydrogens (tertiary/aromatic N) is 3. The number of anilines is 1. The number of hydrogen-bond donors (Lipinski definition) is 2. The van der Waals surface area contributed by atoms with Crippen LogP contribution in [0.2, 0.25) is 0 Å². The summed E-state index contributed by atoms with van der Waals surface area (Å²) in [5, 5.41) is 13.1. The largest absolute Gasteiger partial charge is 0.573 e. The molecule has 34 heavy (non-hydrogen) atoms. The van der Waals surface area contributed by atoms with Gasteiger partial charge in [0.25, 0.3) is 0 Å². The number of alkyl halides is 3. The molecule has 2 N–H and O–H groups in total. The molecule has 174 valence electrons. The van der Waals surface area contributed by atoms with Crippen molar-refractivity contribution >= 4 is 40.1 Å². The molecule has 0 fully saturated rings. The van der Waals surface area contributed by atoms with E-state index in [1.54, 1.807) is 17.1 Å². The van der Waals surface area contributed by atoms with E-state index >= 15 is 0 Å². The molecule has 0 saturated heterocycles. The van der Waals surface area contributed by atoms with E-state index in [9.17, 15) is 13.2 Å². The van der Waals surface area contributed by atoms with Gasteiger partial charge >= 0.3 is 6.36 Å². The average molecular weight is 484 g/mol. The van der Waals surface area contributed by atoms with Gasteiger partial charge in [-0.2, -0.15) is 10.2 Å². The zero-order valence-corrected chi connectivity index (χ0v) is 19.0. The van der Waals surface area contributed by atoms with Crippen molar-refractivity contribution < 1.29 is 17.9 Å². The average Bonchev–Trinajstić information content (AvgIpc) is 3.19. The Labute approximate surface area is 199 Å². The van der Waals surface area contributed by atoms with E-state index in [2.05, 4.69) is 25.7 Å². The predicted molar refractivity (Wildman–Crippen MR) is 131 cm³/mol. The lowest BCUT2D eigenvalue weighted by Crippen LogP contribution is -2.24. The van der Waals surface area contributed by atoms with Gasteiger partial charge in [-0.25, -0.2) is 4.68 Å². The number of benzene rings is 3. The Bertz CT molecular complexity index is 1340. The second-order valence-electron chi connectivity index (χ2n) is 7.52. The quantitative estimate of drug-likeness (QED) is 0.211. The highest BCUT2D eigenvalue weighted by atomic mass is 32.1. The Kier molecular flexibility index (Phi) is 6.51. The Balaban J connectivity index is 1.43. The first kappa shape index (κ1) is 23.2. The van der Waals surface area contributed by atoms with Crippen LogP contribution < -0.4 is 15.5 Å². The molecule has 0 unspecified atom stereocenters. The SMILES string of the molecule is Cc1cccc(C)c1NC(=S)N/N=C/c1ccc2cn(-c3ccc(OC(F)(F)F)cc3)nc2c1. The number of nitrogens with one attached hydrogen (secondary N) is 2. The second-order valence-corrected chi connectivity index (χ2v) is 7.93. The minimum atomic E-state index is -4.73. The first-order valence-corrected chi connectivity index (χ1v) is 10.6. The molecule has 4 aromatic rings. The summed E-state index contributed by atoms with van der Waals surface area (Å²) < 4.78 is 42.5. The van der Waals surface area contributed by atoms with Gasteiger partial charge < -0.3 is 10.1 Å². The summed E-state index contributed by atoms with van der Waals surface area (Å²) in [4.78, 5) is 0. The number of rotatable bonds is 5. The van der Waals surface area contributed by atoms with Crippen molar-refractivity contribution in [3.8, 4) is 11.4 Å². The maximum Gasteiger partial charge on any atom is 0.573 e. The molecule has 0 radical (unpaired) electrons. The van der Waals surface area contributed by atoms with Gasteiger partial charge in [0, 0.05) is 17.3 Å². The van der Waals surface area contributed by atoms with Crippen molar-refractivity contribution in [3.63, 3.8) is 0 Å². The minimum Gasteiger partial charge on any atom is -0.406 e. The zero-order valence-electron chi connectivity index (χ0n) is 18.2. The van der Waals surface area contributed by atoms with Crippen LogP contribution in [0.4, 0.5) is 18.9 Å². The summed E-state index contributed by atoms with van der Waals surface area (Å²) in [7, 11) is 0. The monoisotopic (exact) mass is 483 g/mol. The van der Waals surface area contributed by atoms with Gasteiger partial charge in [-0.05, 0) is 73.1 Å². The molecule has 0 saturated carbocycles. The Morgan fingerprint density at radius 3 is 2.44 bits per heavy atom. The lowest BCUT2D eigenvalue weighted by atomic mass is 10.1. The number of fused-ring (bicyclic) bond motifs is 1. The molecule has 0 atom stereocenters. The maximum absolute atomic E-state index is 12.3. The third kappa shape index (κ3) is 5.70. The van der Waals surface area contributed by atoms with Crippen molar-refractivity contribution in [2.24, 2.45) is 5.10 Å².